The molecule has 0 radical (unpaired) electrons. The van der Waals surface area contributed by atoms with Crippen LogP contribution in [0.15, 0.2) is 28.9 Å². The van der Waals surface area contributed by atoms with Crippen molar-refractivity contribution in [1.82, 2.24) is 5.10 Å². The molecule has 6 heteroatoms. The van der Waals surface area contributed by atoms with Crippen LogP contribution in [0.1, 0.15) is 0 Å². The molecule has 94 valence electrons. The lowest BCUT2D eigenvalue weighted by Gasteiger charge is -2.12. The molecule has 1 aromatic heterocycles. The van der Waals surface area contributed by atoms with E-state index in [1.807, 2.05) is 25.4 Å². The highest BCUT2D eigenvalue weighted by Gasteiger charge is 2.18. The first-order valence-electron chi connectivity index (χ1n) is 5.19. The summed E-state index contributed by atoms with van der Waals surface area (Å²) in [5.74, 6) is 0.995. The Morgan fingerprint density at radius 1 is 1.39 bits per heavy atom. The molecular weight excluding hydrogens is 318 g/mol. The fraction of sp³-hybridized carbons (Fsp3) is 0.167. The van der Waals surface area contributed by atoms with E-state index in [0.29, 0.717) is 16.6 Å². The van der Waals surface area contributed by atoms with E-state index in [9.17, 15) is 0 Å². The quantitative estimate of drug-likeness (QED) is 0.862. The van der Waals surface area contributed by atoms with Crippen molar-refractivity contribution in [2.75, 3.05) is 12.8 Å². The highest BCUT2D eigenvalue weighted by atomic mass is 79.9. The number of nitrogens with zero attached hydrogens (tertiary/aromatic N) is 2. The molecule has 0 atom stereocenters. The lowest BCUT2D eigenvalue weighted by Crippen LogP contribution is -2.33. The van der Waals surface area contributed by atoms with Crippen LogP contribution >= 0.6 is 27.5 Å². The van der Waals surface area contributed by atoms with Gasteiger partial charge in [0.15, 0.2) is 19.1 Å². The minimum atomic E-state index is 0.418. The molecule has 0 aliphatic carbocycles. The average molecular weight is 330 g/mol. The molecule has 4 nitrogen and oxygen atoms in total. The molecule has 0 unspecified atom stereocenters. The number of methoxy groups -OCH3 is 1. The zero-order valence-corrected chi connectivity index (χ0v) is 12.3. The SMILES string of the molecule is COc1c(Cl)ccc(Br)c1-c1cc[n+](C)nc1N. The van der Waals surface area contributed by atoms with Gasteiger partial charge in [-0.2, -0.15) is 0 Å². The second-order valence-electron chi connectivity index (χ2n) is 3.73. The molecule has 2 aromatic rings. The Kier molecular flexibility index (Phi) is 3.73. The maximum Gasteiger partial charge on any atom is 0.199 e. The van der Waals surface area contributed by atoms with Crippen molar-refractivity contribution in [3.05, 3.63) is 33.9 Å². The predicted molar refractivity (Wildman–Crippen MR) is 74.5 cm³/mol. The van der Waals surface area contributed by atoms with Crippen molar-refractivity contribution in [2.45, 2.75) is 0 Å². The molecule has 0 spiro atoms. The average Bonchev–Trinajstić information content (AvgIpc) is 2.33. The molecule has 2 N–H and O–H groups in total. The maximum absolute atomic E-state index is 6.12. The van der Waals surface area contributed by atoms with E-state index in [1.165, 1.54) is 0 Å². The molecule has 0 saturated carbocycles. The monoisotopic (exact) mass is 328 g/mol. The molecule has 0 aliphatic rings. The molecule has 2 rings (SSSR count). The number of hydrogen-bond donors (Lipinski definition) is 1. The number of nitrogens with two attached hydrogens (primary N) is 1. The van der Waals surface area contributed by atoms with Crippen molar-refractivity contribution in [2.24, 2.45) is 7.05 Å². The first-order chi connectivity index (χ1) is 8.54. The third kappa shape index (κ3) is 2.28. The minimum absolute atomic E-state index is 0.418. The predicted octanol–water partition coefficient (Wildman–Crippen LogP) is 2.58. The van der Waals surface area contributed by atoms with Crippen LogP contribution in [-0.2, 0) is 7.05 Å². The number of rotatable bonds is 2. The van der Waals surface area contributed by atoms with Crippen molar-refractivity contribution >= 4 is 33.3 Å². The Labute approximate surface area is 118 Å². The second kappa shape index (κ2) is 5.12. The third-order valence-electron chi connectivity index (χ3n) is 2.53. The highest BCUT2D eigenvalue weighted by molar-refractivity contribution is 9.10. The summed E-state index contributed by atoms with van der Waals surface area (Å²) in [6.45, 7) is 0. The molecule has 0 saturated heterocycles. The van der Waals surface area contributed by atoms with E-state index in [-0.39, 0.29) is 0 Å². The Morgan fingerprint density at radius 3 is 2.72 bits per heavy atom. The number of aromatic nitrogens is 2. The van der Waals surface area contributed by atoms with E-state index >= 15 is 0 Å². The summed E-state index contributed by atoms with van der Waals surface area (Å²) in [7, 11) is 3.38. The summed E-state index contributed by atoms with van der Waals surface area (Å²) in [5.41, 5.74) is 7.52. The van der Waals surface area contributed by atoms with Gasteiger partial charge in [0.05, 0.1) is 12.1 Å². The Balaban J connectivity index is 2.74. The molecule has 0 bridgehead atoms. The van der Waals surface area contributed by atoms with E-state index in [4.69, 9.17) is 22.1 Å². The van der Waals surface area contributed by atoms with Gasteiger partial charge in [-0.25, -0.2) is 0 Å². The third-order valence-corrected chi connectivity index (χ3v) is 3.49. The van der Waals surface area contributed by atoms with Gasteiger partial charge in [0.25, 0.3) is 0 Å². The maximum atomic E-state index is 6.12. The summed E-state index contributed by atoms with van der Waals surface area (Å²) >= 11 is 9.61. The van der Waals surface area contributed by atoms with Gasteiger partial charge in [0.1, 0.15) is 5.75 Å². The smallest absolute Gasteiger partial charge is 0.199 e. The zero-order valence-electron chi connectivity index (χ0n) is 9.95. The van der Waals surface area contributed by atoms with Crippen molar-refractivity contribution in [1.29, 1.82) is 0 Å². The van der Waals surface area contributed by atoms with Crippen LogP contribution in [0.3, 0.4) is 0 Å². The topological polar surface area (TPSA) is 52.0 Å². The van der Waals surface area contributed by atoms with Gasteiger partial charge in [-0.15, -0.1) is 0 Å². The number of anilines is 1. The van der Waals surface area contributed by atoms with E-state index in [1.54, 1.807) is 17.9 Å². The summed E-state index contributed by atoms with van der Waals surface area (Å²) in [6, 6.07) is 5.49. The standard InChI is InChI=1S/C12H12BrClN3O/c1-17-6-5-7(12(15)16-17)10-8(13)3-4-9(14)11(10)18-2/h3-6H,1-2H3,(H2,15,16)/q+1. The van der Waals surface area contributed by atoms with Gasteiger partial charge >= 0.3 is 0 Å². The Morgan fingerprint density at radius 2 is 2.11 bits per heavy atom. The molecule has 0 aliphatic heterocycles. The lowest BCUT2D eigenvalue weighted by atomic mass is 10.1. The molecule has 18 heavy (non-hydrogen) atoms. The number of halogens is 2. The van der Waals surface area contributed by atoms with Crippen LogP contribution < -0.4 is 15.2 Å². The summed E-state index contributed by atoms with van der Waals surface area (Å²) < 4.78 is 7.84. The minimum Gasteiger partial charge on any atom is -0.494 e. The van der Waals surface area contributed by atoms with Gasteiger partial charge < -0.3 is 10.5 Å². The first kappa shape index (κ1) is 13.1. The zero-order chi connectivity index (χ0) is 13.3. The largest absolute Gasteiger partial charge is 0.494 e. The Bertz CT molecular complexity index is 604. The van der Waals surface area contributed by atoms with Crippen LogP contribution in [-0.4, -0.2) is 12.2 Å². The van der Waals surface area contributed by atoms with Crippen LogP contribution in [0.5, 0.6) is 5.75 Å². The lowest BCUT2D eigenvalue weighted by molar-refractivity contribution is -0.729. The van der Waals surface area contributed by atoms with E-state index < -0.39 is 0 Å². The van der Waals surface area contributed by atoms with Gasteiger partial charge in [-0.05, 0) is 12.1 Å². The van der Waals surface area contributed by atoms with Crippen molar-refractivity contribution in [3.63, 3.8) is 0 Å². The number of hydrogen-bond acceptors (Lipinski definition) is 3. The van der Waals surface area contributed by atoms with Gasteiger partial charge in [0, 0.05) is 26.8 Å². The van der Waals surface area contributed by atoms with Crippen LogP contribution in [0, 0.1) is 0 Å². The molecule has 0 amide bonds. The molecular formula is C12H12BrClN3O+. The van der Waals surface area contributed by atoms with Gasteiger partial charge in [-0.3, -0.25) is 0 Å². The fourth-order valence-corrected chi connectivity index (χ4v) is 2.48. The van der Waals surface area contributed by atoms with Crippen LogP contribution in [0.4, 0.5) is 5.82 Å². The first-order valence-corrected chi connectivity index (χ1v) is 6.36. The van der Waals surface area contributed by atoms with E-state index in [0.717, 1.165) is 15.6 Å². The highest BCUT2D eigenvalue weighted by Crippen LogP contribution is 2.42. The van der Waals surface area contributed by atoms with Crippen molar-refractivity contribution in [3.8, 4) is 16.9 Å². The summed E-state index contributed by atoms with van der Waals surface area (Å²) in [4.78, 5) is 0. The number of benzene rings is 1. The van der Waals surface area contributed by atoms with E-state index in [2.05, 4.69) is 21.0 Å². The number of nitrogen functional groups attached to an aromatic ring is 1. The normalized spacial score (nSPS) is 10.4. The number of aryl methyl sites for hydroxylation is 1. The summed E-state index contributed by atoms with van der Waals surface area (Å²) in [5, 5.41) is 4.70. The van der Waals surface area contributed by atoms with Gasteiger partial charge in [-0.1, -0.05) is 32.2 Å². The van der Waals surface area contributed by atoms with Crippen molar-refractivity contribution < 1.29 is 9.42 Å². The Hall–Kier alpha value is -1.33. The van der Waals surface area contributed by atoms with Crippen LogP contribution in [0.25, 0.3) is 11.1 Å². The molecule has 1 aromatic carbocycles. The number of ether oxygens (including phenoxy) is 1. The molecule has 1 heterocycles. The second-order valence-corrected chi connectivity index (χ2v) is 4.99. The summed E-state index contributed by atoms with van der Waals surface area (Å²) in [6.07, 6.45) is 1.82. The van der Waals surface area contributed by atoms with Crippen LogP contribution in [0.2, 0.25) is 5.02 Å². The fourth-order valence-electron chi connectivity index (χ4n) is 1.72. The van der Waals surface area contributed by atoms with Gasteiger partial charge in [0.2, 0.25) is 0 Å². The molecule has 0 fully saturated rings.